The first-order chi connectivity index (χ1) is 13.6. The van der Waals surface area contributed by atoms with Gasteiger partial charge in [-0.05, 0) is 48.7 Å². The van der Waals surface area contributed by atoms with Crippen LogP contribution in [-0.4, -0.2) is 43.8 Å². The van der Waals surface area contributed by atoms with Crippen LogP contribution >= 0.6 is 11.6 Å². The molecule has 0 aliphatic carbocycles. The summed E-state index contributed by atoms with van der Waals surface area (Å²) in [4.78, 5) is 18.7. The van der Waals surface area contributed by atoms with Crippen LogP contribution in [0.3, 0.4) is 0 Å². The fourth-order valence-corrected chi connectivity index (χ4v) is 3.04. The number of amides is 1. The lowest BCUT2D eigenvalue weighted by Gasteiger charge is -2.27. The minimum absolute atomic E-state index is 0.00754. The largest absolute Gasteiger partial charge is 0.494 e. The van der Waals surface area contributed by atoms with Crippen molar-refractivity contribution in [1.82, 2.24) is 10.3 Å². The van der Waals surface area contributed by atoms with Crippen LogP contribution in [0.2, 0.25) is 5.02 Å². The summed E-state index contributed by atoms with van der Waals surface area (Å²) in [6, 6.07) is 9.55. The van der Waals surface area contributed by atoms with Gasteiger partial charge in [0.05, 0.1) is 19.8 Å². The Morgan fingerprint density at radius 1 is 1.29 bits per heavy atom. The second kappa shape index (κ2) is 10.3. The molecule has 1 aromatic carbocycles. The molecule has 0 bridgehead atoms. The van der Waals surface area contributed by atoms with Gasteiger partial charge in [0.1, 0.15) is 11.6 Å². The molecule has 0 spiro atoms. The summed E-state index contributed by atoms with van der Waals surface area (Å²) in [5, 5.41) is 3.65. The highest BCUT2D eigenvalue weighted by Crippen LogP contribution is 2.21. The van der Waals surface area contributed by atoms with Crippen molar-refractivity contribution < 1.29 is 14.3 Å². The third-order valence-corrected chi connectivity index (χ3v) is 5.00. The minimum atomic E-state index is 0.00754. The number of benzene rings is 1. The van der Waals surface area contributed by atoms with Crippen LogP contribution in [-0.2, 0) is 16.1 Å². The van der Waals surface area contributed by atoms with E-state index in [9.17, 15) is 4.79 Å². The Morgan fingerprint density at radius 2 is 2.11 bits per heavy atom. The van der Waals surface area contributed by atoms with Crippen LogP contribution in [0.5, 0.6) is 5.75 Å². The summed E-state index contributed by atoms with van der Waals surface area (Å²) in [7, 11) is 0. The number of carbonyl (C=O) groups excluding carboxylic acids is 1. The van der Waals surface area contributed by atoms with Gasteiger partial charge in [0.15, 0.2) is 0 Å². The molecule has 1 amide bonds. The minimum Gasteiger partial charge on any atom is -0.494 e. The molecule has 1 fully saturated rings. The van der Waals surface area contributed by atoms with Crippen LogP contribution < -0.4 is 15.0 Å². The smallest absolute Gasteiger partial charge is 0.220 e. The Balaban J connectivity index is 1.34. The third-order valence-electron chi connectivity index (χ3n) is 4.58. The Labute approximate surface area is 170 Å². The van der Waals surface area contributed by atoms with Crippen LogP contribution in [0.25, 0.3) is 0 Å². The highest BCUT2D eigenvalue weighted by atomic mass is 35.5. The van der Waals surface area contributed by atoms with E-state index in [1.807, 2.05) is 43.5 Å². The Kier molecular flexibility index (Phi) is 7.51. The number of anilines is 1. The van der Waals surface area contributed by atoms with E-state index in [2.05, 4.69) is 15.2 Å². The molecule has 1 aliphatic heterocycles. The quantitative estimate of drug-likeness (QED) is 0.685. The molecule has 0 radical (unpaired) electrons. The average Bonchev–Trinajstić information content (AvgIpc) is 2.73. The van der Waals surface area contributed by atoms with E-state index in [0.29, 0.717) is 26.0 Å². The molecule has 2 aromatic rings. The number of rotatable bonds is 8. The van der Waals surface area contributed by atoms with Gasteiger partial charge in [-0.3, -0.25) is 4.79 Å². The maximum Gasteiger partial charge on any atom is 0.220 e. The fraction of sp³-hybridized carbons (Fsp3) is 0.429. The van der Waals surface area contributed by atoms with E-state index in [1.54, 1.807) is 0 Å². The zero-order valence-electron chi connectivity index (χ0n) is 16.1. The van der Waals surface area contributed by atoms with E-state index in [0.717, 1.165) is 54.0 Å². The van der Waals surface area contributed by atoms with E-state index < -0.39 is 0 Å². The molecule has 6 nitrogen and oxygen atoms in total. The lowest BCUT2D eigenvalue weighted by atomic mass is 10.2. The van der Waals surface area contributed by atoms with Crippen LogP contribution in [0.15, 0.2) is 36.5 Å². The van der Waals surface area contributed by atoms with Crippen molar-refractivity contribution in [3.63, 3.8) is 0 Å². The van der Waals surface area contributed by atoms with E-state index >= 15 is 0 Å². The van der Waals surface area contributed by atoms with E-state index in [-0.39, 0.29) is 5.91 Å². The molecule has 7 heteroatoms. The summed E-state index contributed by atoms with van der Waals surface area (Å²) in [6.07, 6.45) is 2.89. The second-order valence-electron chi connectivity index (χ2n) is 6.76. The number of halogens is 1. The van der Waals surface area contributed by atoms with Gasteiger partial charge in [0, 0.05) is 37.3 Å². The van der Waals surface area contributed by atoms with E-state index in [4.69, 9.17) is 21.1 Å². The average molecular weight is 404 g/mol. The number of nitrogens with zero attached hydrogens (tertiary/aromatic N) is 2. The number of carbonyl (C=O) groups is 1. The second-order valence-corrected chi connectivity index (χ2v) is 7.17. The highest BCUT2D eigenvalue weighted by Gasteiger charge is 2.12. The van der Waals surface area contributed by atoms with Gasteiger partial charge in [-0.2, -0.15) is 0 Å². The molecule has 1 aromatic heterocycles. The number of ether oxygens (including phenoxy) is 2. The van der Waals surface area contributed by atoms with Gasteiger partial charge in [0.2, 0.25) is 5.91 Å². The van der Waals surface area contributed by atoms with E-state index in [1.165, 1.54) is 0 Å². The molecule has 2 heterocycles. The third kappa shape index (κ3) is 6.11. The molecule has 0 atom stereocenters. The highest BCUT2D eigenvalue weighted by molar-refractivity contribution is 6.31. The summed E-state index contributed by atoms with van der Waals surface area (Å²) in [5.74, 6) is 1.73. The molecule has 1 saturated heterocycles. The molecular weight excluding hydrogens is 378 g/mol. The van der Waals surface area contributed by atoms with Crippen molar-refractivity contribution in [1.29, 1.82) is 0 Å². The van der Waals surface area contributed by atoms with Crippen molar-refractivity contribution in [3.05, 3.63) is 52.7 Å². The van der Waals surface area contributed by atoms with Gasteiger partial charge in [0.25, 0.3) is 0 Å². The summed E-state index contributed by atoms with van der Waals surface area (Å²) in [5.41, 5.74) is 1.96. The molecule has 0 unspecified atom stereocenters. The number of aromatic nitrogens is 1. The first kappa shape index (κ1) is 20.4. The van der Waals surface area contributed by atoms with Crippen LogP contribution in [0, 0.1) is 6.92 Å². The standard InChI is InChI=1S/C21H26ClN3O3/c1-16-13-18(5-6-19(16)22)28-10-2-3-21(26)24-15-17-4-7-20(23-14-17)25-8-11-27-12-9-25/h4-7,13-14H,2-3,8-12,15H2,1H3,(H,24,26). The number of aryl methyl sites for hydroxylation is 1. The van der Waals surface area contributed by atoms with Gasteiger partial charge >= 0.3 is 0 Å². The lowest BCUT2D eigenvalue weighted by Crippen LogP contribution is -2.36. The monoisotopic (exact) mass is 403 g/mol. The number of hydrogen-bond acceptors (Lipinski definition) is 5. The summed E-state index contributed by atoms with van der Waals surface area (Å²) < 4.78 is 11.0. The van der Waals surface area contributed by atoms with Crippen LogP contribution in [0.1, 0.15) is 24.0 Å². The number of hydrogen-bond donors (Lipinski definition) is 1. The molecule has 1 N–H and O–H groups in total. The number of nitrogens with one attached hydrogen (secondary N) is 1. The zero-order valence-corrected chi connectivity index (χ0v) is 16.9. The van der Waals surface area contributed by atoms with Crippen molar-refractivity contribution in [3.8, 4) is 5.75 Å². The molecule has 1 aliphatic rings. The van der Waals surface area contributed by atoms with Gasteiger partial charge in [-0.15, -0.1) is 0 Å². The maximum atomic E-state index is 12.0. The fourth-order valence-electron chi connectivity index (χ4n) is 2.92. The first-order valence-electron chi connectivity index (χ1n) is 9.55. The first-order valence-corrected chi connectivity index (χ1v) is 9.93. The summed E-state index contributed by atoms with van der Waals surface area (Å²) >= 11 is 6.00. The zero-order chi connectivity index (χ0) is 19.8. The van der Waals surface area contributed by atoms with Crippen molar-refractivity contribution in [2.75, 3.05) is 37.8 Å². The molecular formula is C21H26ClN3O3. The molecule has 28 heavy (non-hydrogen) atoms. The maximum absolute atomic E-state index is 12.0. The predicted molar refractivity (Wildman–Crippen MR) is 110 cm³/mol. The number of morpholine rings is 1. The SMILES string of the molecule is Cc1cc(OCCCC(=O)NCc2ccc(N3CCOCC3)nc2)ccc1Cl. The van der Waals surface area contributed by atoms with Crippen molar-refractivity contribution >= 4 is 23.3 Å². The van der Waals surface area contributed by atoms with Crippen molar-refractivity contribution in [2.45, 2.75) is 26.3 Å². The Hall–Kier alpha value is -2.31. The van der Waals surface area contributed by atoms with Gasteiger partial charge in [-0.25, -0.2) is 4.98 Å². The van der Waals surface area contributed by atoms with Crippen LogP contribution in [0.4, 0.5) is 5.82 Å². The molecule has 0 saturated carbocycles. The lowest BCUT2D eigenvalue weighted by molar-refractivity contribution is -0.121. The predicted octanol–water partition coefficient (Wildman–Crippen LogP) is 3.36. The van der Waals surface area contributed by atoms with Crippen molar-refractivity contribution in [2.24, 2.45) is 0 Å². The summed E-state index contributed by atoms with van der Waals surface area (Å²) in [6.45, 7) is 6.10. The Bertz CT molecular complexity index is 777. The normalized spacial score (nSPS) is 14.0. The van der Waals surface area contributed by atoms with Gasteiger partial charge in [-0.1, -0.05) is 17.7 Å². The molecule has 150 valence electrons. The topological polar surface area (TPSA) is 63.7 Å². The van der Waals surface area contributed by atoms with Gasteiger partial charge < -0.3 is 19.7 Å². The number of pyridine rings is 1. The molecule has 3 rings (SSSR count). The Morgan fingerprint density at radius 3 is 2.82 bits per heavy atom.